The third-order valence-electron chi connectivity index (χ3n) is 4.43. The Bertz CT molecular complexity index is 934. The summed E-state index contributed by atoms with van der Waals surface area (Å²) in [6.45, 7) is 2.86. The van der Waals surface area contributed by atoms with E-state index in [1.807, 2.05) is 29.2 Å². The summed E-state index contributed by atoms with van der Waals surface area (Å²) in [5.41, 5.74) is 1.08. The van der Waals surface area contributed by atoms with Gasteiger partial charge in [-0.3, -0.25) is 4.79 Å². The van der Waals surface area contributed by atoms with Crippen LogP contribution in [0.3, 0.4) is 0 Å². The molecule has 25 heavy (non-hydrogen) atoms. The molecule has 1 amide bonds. The quantitative estimate of drug-likeness (QED) is 0.651. The highest BCUT2D eigenvalue weighted by Crippen LogP contribution is 2.28. The summed E-state index contributed by atoms with van der Waals surface area (Å²) in [7, 11) is 0. The molecule has 1 aromatic heterocycles. The average Bonchev–Trinajstić information content (AvgIpc) is 3.04. The minimum Gasteiger partial charge on any atom is -0.368 e. The number of benzene rings is 2. The standard InChI is InChI=1S/C19H16ClFN2OS/c20-14-2-1-3-16(12-14)22-6-8-23(9-7-22)19(24)18-11-13-10-15(21)4-5-17(13)25-18/h1-5,10-12H,6-9H2. The number of hydrogen-bond donors (Lipinski definition) is 0. The van der Waals surface area contributed by atoms with Crippen LogP contribution in [0.25, 0.3) is 10.1 Å². The first-order chi connectivity index (χ1) is 12.1. The summed E-state index contributed by atoms with van der Waals surface area (Å²) in [6.07, 6.45) is 0. The lowest BCUT2D eigenvalue weighted by molar-refractivity contribution is 0.0751. The molecule has 0 N–H and O–H groups in total. The van der Waals surface area contributed by atoms with Gasteiger partial charge in [0.25, 0.3) is 5.91 Å². The van der Waals surface area contributed by atoms with Crippen LogP contribution in [0.2, 0.25) is 5.02 Å². The molecule has 0 aliphatic carbocycles. The van der Waals surface area contributed by atoms with E-state index in [0.717, 1.165) is 28.9 Å². The van der Waals surface area contributed by atoms with Gasteiger partial charge in [0.2, 0.25) is 0 Å². The first-order valence-corrected chi connectivity index (χ1v) is 9.28. The molecule has 2 aromatic carbocycles. The van der Waals surface area contributed by atoms with E-state index < -0.39 is 0 Å². The Balaban J connectivity index is 1.47. The summed E-state index contributed by atoms with van der Waals surface area (Å²) in [6, 6.07) is 14.2. The maximum Gasteiger partial charge on any atom is 0.264 e. The number of nitrogens with zero attached hydrogens (tertiary/aromatic N) is 2. The number of amides is 1. The zero-order valence-electron chi connectivity index (χ0n) is 13.4. The number of anilines is 1. The number of hydrogen-bond acceptors (Lipinski definition) is 3. The van der Waals surface area contributed by atoms with Gasteiger partial charge in [0.1, 0.15) is 5.82 Å². The monoisotopic (exact) mass is 374 g/mol. The van der Waals surface area contributed by atoms with Crippen molar-refractivity contribution in [3.05, 3.63) is 64.2 Å². The summed E-state index contributed by atoms with van der Waals surface area (Å²) in [5.74, 6) is -0.258. The summed E-state index contributed by atoms with van der Waals surface area (Å²) < 4.78 is 14.3. The van der Waals surface area contributed by atoms with Crippen molar-refractivity contribution >= 4 is 44.6 Å². The van der Waals surface area contributed by atoms with Crippen LogP contribution in [0.15, 0.2) is 48.5 Å². The maximum absolute atomic E-state index is 13.3. The fraction of sp³-hybridized carbons (Fsp3) is 0.211. The number of halogens is 2. The van der Waals surface area contributed by atoms with Gasteiger partial charge in [0.05, 0.1) is 4.88 Å². The Morgan fingerprint density at radius 2 is 1.84 bits per heavy atom. The highest BCUT2D eigenvalue weighted by molar-refractivity contribution is 7.20. The van der Waals surface area contributed by atoms with Crippen LogP contribution in [0.1, 0.15) is 9.67 Å². The zero-order chi connectivity index (χ0) is 17.4. The Kier molecular flexibility index (Phi) is 4.36. The van der Waals surface area contributed by atoms with Gasteiger partial charge in [0, 0.05) is 41.6 Å². The average molecular weight is 375 g/mol. The van der Waals surface area contributed by atoms with E-state index in [1.165, 1.54) is 23.5 Å². The van der Waals surface area contributed by atoms with E-state index in [4.69, 9.17) is 11.6 Å². The zero-order valence-corrected chi connectivity index (χ0v) is 15.0. The van der Waals surface area contributed by atoms with Gasteiger partial charge < -0.3 is 9.80 Å². The Hall–Kier alpha value is -2.11. The predicted octanol–water partition coefficient (Wildman–Crippen LogP) is 4.66. The summed E-state index contributed by atoms with van der Waals surface area (Å²) in [5, 5.41) is 1.50. The summed E-state index contributed by atoms with van der Waals surface area (Å²) >= 11 is 7.47. The van der Waals surface area contributed by atoms with Crippen LogP contribution in [-0.2, 0) is 0 Å². The highest BCUT2D eigenvalue weighted by Gasteiger charge is 2.23. The van der Waals surface area contributed by atoms with Crippen LogP contribution >= 0.6 is 22.9 Å². The fourth-order valence-corrected chi connectivity index (χ4v) is 4.31. The minimum atomic E-state index is -0.278. The molecule has 4 rings (SSSR count). The van der Waals surface area contributed by atoms with Crippen LogP contribution in [0.5, 0.6) is 0 Å². The van der Waals surface area contributed by atoms with E-state index in [-0.39, 0.29) is 11.7 Å². The van der Waals surface area contributed by atoms with Gasteiger partial charge in [-0.1, -0.05) is 17.7 Å². The van der Waals surface area contributed by atoms with Gasteiger partial charge in [-0.2, -0.15) is 0 Å². The van der Waals surface area contributed by atoms with Crippen LogP contribution in [0, 0.1) is 5.82 Å². The summed E-state index contributed by atoms with van der Waals surface area (Å²) in [4.78, 5) is 17.5. The number of rotatable bonds is 2. The van der Waals surface area contributed by atoms with Crippen LogP contribution in [-0.4, -0.2) is 37.0 Å². The third kappa shape index (κ3) is 3.34. The fourth-order valence-electron chi connectivity index (χ4n) is 3.12. The minimum absolute atomic E-state index is 0.0207. The lowest BCUT2D eigenvalue weighted by Gasteiger charge is -2.36. The molecule has 1 saturated heterocycles. The molecule has 0 spiro atoms. The van der Waals surface area contributed by atoms with Crippen LogP contribution < -0.4 is 4.90 Å². The van der Waals surface area contributed by atoms with Gasteiger partial charge in [-0.15, -0.1) is 11.3 Å². The molecule has 0 atom stereocenters. The Morgan fingerprint density at radius 1 is 1.04 bits per heavy atom. The van der Waals surface area contributed by atoms with E-state index >= 15 is 0 Å². The molecule has 6 heteroatoms. The first-order valence-electron chi connectivity index (χ1n) is 8.09. The molecule has 0 radical (unpaired) electrons. The predicted molar refractivity (Wildman–Crippen MR) is 101 cm³/mol. The topological polar surface area (TPSA) is 23.6 Å². The molecule has 1 aliphatic rings. The second kappa shape index (κ2) is 6.65. The maximum atomic E-state index is 13.3. The van der Waals surface area contributed by atoms with Crippen molar-refractivity contribution in [1.82, 2.24) is 4.90 Å². The number of piperazine rings is 1. The van der Waals surface area contributed by atoms with Gasteiger partial charge in [-0.25, -0.2) is 4.39 Å². The molecular weight excluding hydrogens is 359 g/mol. The van der Waals surface area contributed by atoms with Crippen molar-refractivity contribution in [3.8, 4) is 0 Å². The van der Waals surface area contributed by atoms with E-state index in [0.29, 0.717) is 23.0 Å². The lowest BCUT2D eigenvalue weighted by atomic mass is 10.2. The molecule has 1 fully saturated rings. The number of fused-ring (bicyclic) bond motifs is 1. The van der Waals surface area contributed by atoms with Gasteiger partial charge >= 0.3 is 0 Å². The van der Waals surface area contributed by atoms with Gasteiger partial charge in [-0.05, 0) is 47.9 Å². The van der Waals surface area contributed by atoms with Crippen molar-refractivity contribution in [2.24, 2.45) is 0 Å². The smallest absolute Gasteiger partial charge is 0.264 e. The van der Waals surface area contributed by atoms with Crippen molar-refractivity contribution in [2.75, 3.05) is 31.1 Å². The van der Waals surface area contributed by atoms with E-state index in [2.05, 4.69) is 4.90 Å². The normalized spacial score (nSPS) is 15.0. The Morgan fingerprint density at radius 3 is 2.60 bits per heavy atom. The molecule has 1 aliphatic heterocycles. The van der Waals surface area contributed by atoms with Crippen molar-refractivity contribution in [1.29, 1.82) is 0 Å². The van der Waals surface area contributed by atoms with Crippen molar-refractivity contribution in [3.63, 3.8) is 0 Å². The molecule has 3 nitrogen and oxygen atoms in total. The van der Waals surface area contributed by atoms with Crippen molar-refractivity contribution in [2.45, 2.75) is 0 Å². The molecule has 2 heterocycles. The lowest BCUT2D eigenvalue weighted by Crippen LogP contribution is -2.48. The molecule has 0 unspecified atom stereocenters. The number of carbonyl (C=O) groups is 1. The molecule has 3 aromatic rings. The largest absolute Gasteiger partial charge is 0.368 e. The van der Waals surface area contributed by atoms with Crippen molar-refractivity contribution < 1.29 is 9.18 Å². The van der Waals surface area contributed by atoms with E-state index in [9.17, 15) is 9.18 Å². The Labute approximate surface area is 154 Å². The van der Waals surface area contributed by atoms with E-state index in [1.54, 1.807) is 12.1 Å². The second-order valence-electron chi connectivity index (χ2n) is 6.05. The molecule has 128 valence electrons. The molecule has 0 saturated carbocycles. The molecular formula is C19H16ClFN2OS. The number of carbonyl (C=O) groups excluding carboxylic acids is 1. The third-order valence-corrected chi connectivity index (χ3v) is 5.77. The molecule has 0 bridgehead atoms. The van der Waals surface area contributed by atoms with Gasteiger partial charge in [0.15, 0.2) is 0 Å². The number of thiophene rings is 1. The highest BCUT2D eigenvalue weighted by atomic mass is 35.5. The SMILES string of the molecule is O=C(c1cc2cc(F)ccc2s1)N1CCN(c2cccc(Cl)c2)CC1. The first kappa shape index (κ1) is 16.4. The second-order valence-corrected chi connectivity index (χ2v) is 7.57. The van der Waals surface area contributed by atoms with Crippen LogP contribution in [0.4, 0.5) is 10.1 Å².